The molecule has 0 spiro atoms. The van der Waals surface area contributed by atoms with Crippen LogP contribution in [0, 0.1) is 0 Å². The highest BCUT2D eigenvalue weighted by Crippen LogP contribution is 2.48. The van der Waals surface area contributed by atoms with Crippen molar-refractivity contribution in [1.82, 2.24) is 9.13 Å². The van der Waals surface area contributed by atoms with E-state index in [0.29, 0.717) is 0 Å². The molecule has 3 nitrogen and oxygen atoms in total. The predicted molar refractivity (Wildman–Crippen MR) is 246 cm³/mol. The van der Waals surface area contributed by atoms with Crippen LogP contribution in [-0.4, -0.2) is 9.13 Å². The third kappa shape index (κ3) is 4.43. The van der Waals surface area contributed by atoms with Gasteiger partial charge in [0.15, 0.2) is 0 Å². The molecule has 0 atom stereocenters. The Morgan fingerprint density at radius 3 is 1.79 bits per heavy atom. The fourth-order valence-electron chi connectivity index (χ4n) is 9.63. The molecule has 13 rings (SSSR count). The molecule has 0 N–H and O–H groups in total. The Bertz CT molecular complexity index is 3800. The molecule has 9 aromatic carbocycles. The van der Waals surface area contributed by atoms with Gasteiger partial charge in [-0.3, -0.25) is 0 Å². The smallest absolute Gasteiger partial charge is 0.135 e. The average molecular weight is 757 g/mol. The van der Waals surface area contributed by atoms with E-state index in [-0.39, 0.29) is 0 Å². The van der Waals surface area contributed by atoms with Crippen LogP contribution >= 0.6 is 11.3 Å². The number of fused-ring (bicyclic) bond motifs is 12. The Morgan fingerprint density at radius 1 is 0.328 bits per heavy atom. The van der Waals surface area contributed by atoms with E-state index in [1.54, 1.807) is 0 Å². The lowest BCUT2D eigenvalue weighted by atomic mass is 9.90. The van der Waals surface area contributed by atoms with Gasteiger partial charge < -0.3 is 13.6 Å². The van der Waals surface area contributed by atoms with Crippen LogP contribution in [0.5, 0.6) is 0 Å². The van der Waals surface area contributed by atoms with Gasteiger partial charge in [0.1, 0.15) is 11.2 Å². The third-order valence-electron chi connectivity index (χ3n) is 12.1. The fraction of sp³-hybridized carbons (Fsp3) is 0. The summed E-state index contributed by atoms with van der Waals surface area (Å²) in [5.41, 5.74) is 13.6. The zero-order valence-corrected chi connectivity index (χ0v) is 32.0. The maximum absolute atomic E-state index is 6.32. The molecule has 4 aromatic heterocycles. The zero-order valence-electron chi connectivity index (χ0n) is 31.2. The van der Waals surface area contributed by atoms with Crippen LogP contribution in [0.15, 0.2) is 199 Å². The first-order chi connectivity index (χ1) is 28.8. The quantitative estimate of drug-likeness (QED) is 0.175. The van der Waals surface area contributed by atoms with E-state index in [2.05, 4.69) is 197 Å². The number of benzene rings is 9. The molecule has 0 fully saturated rings. The van der Waals surface area contributed by atoms with Gasteiger partial charge in [-0.25, -0.2) is 0 Å². The average Bonchev–Trinajstić information content (AvgIpc) is 4.03. The summed E-state index contributed by atoms with van der Waals surface area (Å²) in [6.45, 7) is 0. The second kappa shape index (κ2) is 12.1. The maximum Gasteiger partial charge on any atom is 0.135 e. The summed E-state index contributed by atoms with van der Waals surface area (Å²) in [5.74, 6) is 0. The van der Waals surface area contributed by atoms with Crippen LogP contribution in [0.4, 0.5) is 0 Å². The van der Waals surface area contributed by atoms with Crippen LogP contribution < -0.4 is 0 Å². The minimum absolute atomic E-state index is 0.892. The predicted octanol–water partition coefficient (Wildman–Crippen LogP) is 15.5. The normalized spacial score (nSPS) is 12.1. The van der Waals surface area contributed by atoms with Gasteiger partial charge in [-0.15, -0.1) is 11.3 Å². The van der Waals surface area contributed by atoms with E-state index in [0.717, 1.165) is 33.3 Å². The molecule has 4 heteroatoms. The zero-order chi connectivity index (χ0) is 37.9. The van der Waals surface area contributed by atoms with Gasteiger partial charge in [0, 0.05) is 75.0 Å². The van der Waals surface area contributed by atoms with Crippen LogP contribution in [0.3, 0.4) is 0 Å². The third-order valence-corrected chi connectivity index (χ3v) is 13.3. The van der Waals surface area contributed by atoms with Crippen LogP contribution in [0.25, 0.3) is 119 Å². The van der Waals surface area contributed by atoms with Crippen molar-refractivity contribution >= 4 is 97.1 Å². The second-order valence-electron chi connectivity index (χ2n) is 15.2. The van der Waals surface area contributed by atoms with Crippen molar-refractivity contribution in [1.29, 1.82) is 0 Å². The monoisotopic (exact) mass is 756 g/mol. The molecule has 0 unspecified atom stereocenters. The summed E-state index contributed by atoms with van der Waals surface area (Å²) < 4.78 is 13.8. The Kier molecular flexibility index (Phi) is 6.60. The maximum atomic E-state index is 6.32. The van der Waals surface area contributed by atoms with E-state index < -0.39 is 0 Å². The van der Waals surface area contributed by atoms with Crippen molar-refractivity contribution in [3.63, 3.8) is 0 Å². The highest BCUT2D eigenvalue weighted by Gasteiger charge is 2.23. The Morgan fingerprint density at radius 2 is 0.948 bits per heavy atom. The van der Waals surface area contributed by atoms with Crippen LogP contribution in [0.2, 0.25) is 0 Å². The molecule has 270 valence electrons. The molecule has 58 heavy (non-hydrogen) atoms. The summed E-state index contributed by atoms with van der Waals surface area (Å²) >= 11 is 1.89. The molecule has 0 radical (unpaired) electrons. The largest absolute Gasteiger partial charge is 0.456 e. The van der Waals surface area contributed by atoms with Crippen molar-refractivity contribution < 1.29 is 4.42 Å². The molecule has 13 aromatic rings. The lowest BCUT2D eigenvalue weighted by molar-refractivity contribution is 0.669. The molecule has 0 aliphatic heterocycles. The van der Waals surface area contributed by atoms with Crippen molar-refractivity contribution in [2.75, 3.05) is 0 Å². The van der Waals surface area contributed by atoms with Gasteiger partial charge in [0.2, 0.25) is 0 Å². The lowest BCUT2D eigenvalue weighted by Crippen LogP contribution is -1.97. The Balaban J connectivity index is 1.20. The molecule has 0 aliphatic carbocycles. The summed E-state index contributed by atoms with van der Waals surface area (Å²) in [5, 5.41) is 9.76. The van der Waals surface area contributed by atoms with Crippen molar-refractivity contribution in [2.45, 2.75) is 0 Å². The van der Waals surface area contributed by atoms with Crippen molar-refractivity contribution in [2.24, 2.45) is 0 Å². The number of para-hydroxylation sites is 5. The molecule has 0 saturated heterocycles. The number of hydrogen-bond acceptors (Lipinski definition) is 2. The minimum atomic E-state index is 0.892. The van der Waals surface area contributed by atoms with Gasteiger partial charge >= 0.3 is 0 Å². The summed E-state index contributed by atoms with van der Waals surface area (Å²) in [6, 6.07) is 70.9. The van der Waals surface area contributed by atoms with Crippen molar-refractivity contribution in [3.8, 4) is 33.6 Å². The molecule has 0 amide bonds. The number of hydrogen-bond donors (Lipinski definition) is 0. The van der Waals surface area contributed by atoms with Crippen LogP contribution in [-0.2, 0) is 0 Å². The summed E-state index contributed by atoms with van der Waals surface area (Å²) in [7, 11) is 0. The van der Waals surface area contributed by atoms with Gasteiger partial charge in [-0.05, 0) is 77.9 Å². The first-order valence-electron chi connectivity index (χ1n) is 19.8. The first-order valence-corrected chi connectivity index (χ1v) is 20.6. The number of aromatic nitrogens is 2. The SMILES string of the molecule is c1ccc(-n2c3ccccc3c3cc(-c4cccc5c4sc4ccccc45)c(-c4cccc5c6ccccc6n(-c6ccc7oc8ccccc8c7c6)c45)cc32)cc1. The molecular weight excluding hydrogens is 725 g/mol. The van der Waals surface area contributed by atoms with E-state index in [1.165, 1.54) is 86.0 Å². The lowest BCUT2D eigenvalue weighted by Gasteiger charge is -2.17. The first kappa shape index (κ1) is 31.8. The highest BCUT2D eigenvalue weighted by atomic mass is 32.1. The summed E-state index contributed by atoms with van der Waals surface area (Å²) in [6.07, 6.45) is 0. The van der Waals surface area contributed by atoms with E-state index >= 15 is 0 Å². The number of furan rings is 1. The van der Waals surface area contributed by atoms with E-state index in [4.69, 9.17) is 4.42 Å². The number of nitrogens with zero attached hydrogens (tertiary/aromatic N) is 2. The minimum Gasteiger partial charge on any atom is -0.456 e. The van der Waals surface area contributed by atoms with Crippen molar-refractivity contribution in [3.05, 3.63) is 194 Å². The summed E-state index contributed by atoms with van der Waals surface area (Å²) in [4.78, 5) is 0. The van der Waals surface area contributed by atoms with Crippen LogP contribution in [0.1, 0.15) is 0 Å². The Labute approximate surface area is 336 Å². The number of thiophene rings is 1. The van der Waals surface area contributed by atoms with Gasteiger partial charge in [0.25, 0.3) is 0 Å². The topological polar surface area (TPSA) is 23.0 Å². The Hall–Kier alpha value is -7.40. The standard InChI is InChI=1S/C54H32N2OS/c1-2-14-33(15-3-1)55-47-24-8-5-17-36(47)45-31-43(42-23-13-22-41-38-19-7-11-27-52(38)58-54(41)42)44(32-49(45)55)40-21-12-20-39-35-16-4-9-25-48(35)56(53(39)40)34-28-29-51-46(30-34)37-18-6-10-26-50(37)57-51/h1-32H. The highest BCUT2D eigenvalue weighted by molar-refractivity contribution is 7.26. The van der Waals surface area contributed by atoms with E-state index in [9.17, 15) is 0 Å². The molecule has 0 aliphatic rings. The molecule has 0 bridgehead atoms. The van der Waals surface area contributed by atoms with E-state index in [1.807, 2.05) is 17.4 Å². The molecule has 4 heterocycles. The van der Waals surface area contributed by atoms with Gasteiger partial charge in [-0.2, -0.15) is 0 Å². The van der Waals surface area contributed by atoms with Gasteiger partial charge in [0.05, 0.1) is 22.1 Å². The number of rotatable bonds is 4. The second-order valence-corrected chi connectivity index (χ2v) is 16.3. The van der Waals surface area contributed by atoms with Gasteiger partial charge in [-0.1, -0.05) is 127 Å². The molecule has 0 saturated carbocycles. The molecular formula is C54H32N2OS. The fourth-order valence-corrected chi connectivity index (χ4v) is 10.9.